The number of allylic oxidation sites excluding steroid dienone is 8. The third kappa shape index (κ3) is 5.15. The van der Waals surface area contributed by atoms with Crippen LogP contribution in [0, 0.1) is 18.3 Å². The monoisotopic (exact) mass is 511 g/mol. The molecule has 0 aromatic heterocycles. The molecule has 0 N–H and O–H groups in total. The van der Waals surface area contributed by atoms with Gasteiger partial charge in [-0.05, 0) is 0 Å². The molecule has 0 aliphatic heterocycles. The van der Waals surface area contributed by atoms with E-state index in [1.165, 1.54) is 18.4 Å². The summed E-state index contributed by atoms with van der Waals surface area (Å²) in [5.41, 5.74) is 6.72. The van der Waals surface area contributed by atoms with E-state index in [9.17, 15) is 0 Å². The van der Waals surface area contributed by atoms with Crippen molar-refractivity contribution in [2.45, 2.75) is 89.5 Å². The molecule has 2 aliphatic carbocycles. The Morgan fingerprint density at radius 3 is 2.15 bits per heavy atom. The van der Waals surface area contributed by atoms with Crippen LogP contribution in [0.25, 0.3) is 0 Å². The van der Waals surface area contributed by atoms with Gasteiger partial charge in [0.2, 0.25) is 0 Å². The normalized spacial score (nSPS) is 25.9. The molecule has 0 amide bonds. The summed E-state index contributed by atoms with van der Waals surface area (Å²) in [6, 6.07) is 7.67. The molecule has 2 aliphatic rings. The van der Waals surface area contributed by atoms with Gasteiger partial charge in [-0.25, -0.2) is 0 Å². The van der Waals surface area contributed by atoms with Crippen LogP contribution in [-0.2, 0) is 17.9 Å². The number of aryl methyl sites for hydroxylation is 1. The molecule has 0 saturated heterocycles. The zero-order chi connectivity index (χ0) is 24.8. The van der Waals surface area contributed by atoms with Crippen molar-refractivity contribution in [2.24, 2.45) is 11.3 Å². The molecular formula is C30H47Si2Ti. The van der Waals surface area contributed by atoms with Crippen molar-refractivity contribution in [1.82, 2.24) is 0 Å². The number of rotatable bonds is 7. The van der Waals surface area contributed by atoms with Gasteiger partial charge in [0.05, 0.1) is 0 Å². The fourth-order valence-corrected chi connectivity index (χ4v) is 16.2. The molecule has 3 heteroatoms. The van der Waals surface area contributed by atoms with E-state index in [0.29, 0.717) is 11.0 Å². The fraction of sp³-hybridized carbons (Fsp3) is 0.533. The van der Waals surface area contributed by atoms with Gasteiger partial charge in [0.15, 0.2) is 0 Å². The van der Waals surface area contributed by atoms with Gasteiger partial charge in [0.25, 0.3) is 0 Å². The molecule has 0 fully saturated rings. The molecule has 0 spiro atoms. The molecule has 2 atom stereocenters. The minimum absolute atomic E-state index is 0.262. The summed E-state index contributed by atoms with van der Waals surface area (Å²) < 4.78 is 1.92. The summed E-state index contributed by atoms with van der Waals surface area (Å²) in [5, 5.41) is 8.85. The fourth-order valence-electron chi connectivity index (χ4n) is 6.48. The Labute approximate surface area is 214 Å². The quantitative estimate of drug-likeness (QED) is 0.335. The predicted molar refractivity (Wildman–Crippen MR) is 153 cm³/mol. The van der Waals surface area contributed by atoms with E-state index in [0.717, 1.165) is 0 Å². The van der Waals surface area contributed by atoms with Crippen molar-refractivity contribution in [3.63, 3.8) is 0 Å². The topological polar surface area (TPSA) is 0 Å². The van der Waals surface area contributed by atoms with Crippen LogP contribution in [0.1, 0.15) is 53.0 Å². The standard InChI is InChI=1S/C28H41Si2.2CH3.Ti/c1-20(2)27(13-11-10-12-14-27)19-28(18-22(4)23(5)24(28)6)29-25-15-21(3)16-26(17-25)30(7,8)9;;;/h10-13,15-17,20H,14,19,29H2,1-9H3;2*1H3;. The van der Waals surface area contributed by atoms with Crippen molar-refractivity contribution < 1.29 is 17.9 Å². The van der Waals surface area contributed by atoms with Gasteiger partial charge in [-0.2, -0.15) is 0 Å². The first-order chi connectivity index (χ1) is 15.2. The molecule has 179 valence electrons. The first-order valence-electron chi connectivity index (χ1n) is 12.9. The minimum atomic E-state index is -1.35. The Morgan fingerprint density at radius 2 is 1.64 bits per heavy atom. The van der Waals surface area contributed by atoms with Gasteiger partial charge in [-0.1, -0.05) is 0 Å². The second kappa shape index (κ2) is 9.76. The first kappa shape index (κ1) is 26.9. The predicted octanol–water partition coefficient (Wildman–Crippen LogP) is 7.38. The van der Waals surface area contributed by atoms with Gasteiger partial charge < -0.3 is 0 Å². The molecule has 0 nitrogen and oxygen atoms in total. The summed E-state index contributed by atoms with van der Waals surface area (Å²) in [6.07, 6.45) is 12.1. The van der Waals surface area contributed by atoms with Crippen molar-refractivity contribution in [3.8, 4) is 0 Å². The summed E-state index contributed by atoms with van der Waals surface area (Å²) in [7, 11) is -1.91. The third-order valence-electron chi connectivity index (χ3n) is 8.66. The molecule has 0 bridgehead atoms. The second-order valence-corrected chi connectivity index (χ2v) is 23.9. The van der Waals surface area contributed by atoms with E-state index in [-0.39, 0.29) is 5.41 Å². The Hall–Kier alpha value is -0.672. The van der Waals surface area contributed by atoms with Gasteiger partial charge >= 0.3 is 215 Å². The van der Waals surface area contributed by atoms with Gasteiger partial charge in [-0.15, -0.1) is 0 Å². The Kier molecular flexibility index (Phi) is 7.97. The summed E-state index contributed by atoms with van der Waals surface area (Å²) in [5.74, 6) is 0.645. The average molecular weight is 512 g/mol. The van der Waals surface area contributed by atoms with Crippen molar-refractivity contribution in [1.29, 1.82) is 0 Å². The Bertz CT molecular complexity index is 1030. The molecular weight excluding hydrogens is 464 g/mol. The van der Waals surface area contributed by atoms with Crippen LogP contribution in [0.2, 0.25) is 35.1 Å². The van der Waals surface area contributed by atoms with Crippen molar-refractivity contribution in [3.05, 3.63) is 68.7 Å². The molecule has 1 aromatic carbocycles. The van der Waals surface area contributed by atoms with E-state index in [1.807, 2.05) is 3.88 Å². The molecule has 1 aromatic rings. The number of hydrogen-bond donors (Lipinski definition) is 0. The maximum absolute atomic E-state index is 2.64. The molecule has 0 saturated carbocycles. The maximum atomic E-state index is 2.64. The van der Waals surface area contributed by atoms with Crippen LogP contribution in [0.15, 0.2) is 63.1 Å². The van der Waals surface area contributed by atoms with Gasteiger partial charge in [0, 0.05) is 0 Å². The number of hydrogen-bond acceptors (Lipinski definition) is 0. The molecule has 3 rings (SSSR count). The Morgan fingerprint density at radius 1 is 0.970 bits per heavy atom. The second-order valence-electron chi connectivity index (χ2n) is 12.5. The SMILES string of the molecule is CC1=C(C)C(CC2(C(C)C)C=CC=CC2)([SiH2]c2cc(C)cc([Si](C)(C)C)c2)[C]([Ti]([CH3])[CH3])=C1C. The van der Waals surface area contributed by atoms with Crippen LogP contribution in [0.3, 0.4) is 0 Å². The number of benzene rings is 1. The van der Waals surface area contributed by atoms with Gasteiger partial charge in [0.1, 0.15) is 0 Å². The van der Waals surface area contributed by atoms with Crippen LogP contribution >= 0.6 is 0 Å². The molecule has 0 radical (unpaired) electrons. The zero-order valence-corrected chi connectivity index (χ0v) is 27.2. The molecule has 33 heavy (non-hydrogen) atoms. The van der Waals surface area contributed by atoms with E-state index in [4.69, 9.17) is 0 Å². The van der Waals surface area contributed by atoms with Crippen molar-refractivity contribution in [2.75, 3.05) is 0 Å². The van der Waals surface area contributed by atoms with E-state index < -0.39 is 35.5 Å². The van der Waals surface area contributed by atoms with Crippen LogP contribution in [0.5, 0.6) is 0 Å². The summed E-state index contributed by atoms with van der Waals surface area (Å²) >= 11 is -1.29. The van der Waals surface area contributed by atoms with Crippen LogP contribution in [-0.4, -0.2) is 17.6 Å². The molecule has 0 heterocycles. The van der Waals surface area contributed by atoms with Crippen molar-refractivity contribution >= 4 is 28.0 Å². The first-order valence-corrected chi connectivity index (χ1v) is 21.7. The van der Waals surface area contributed by atoms with Crippen LogP contribution in [0.4, 0.5) is 0 Å². The zero-order valence-electron chi connectivity index (χ0n) is 23.2. The van der Waals surface area contributed by atoms with Crippen LogP contribution < -0.4 is 10.4 Å². The van der Waals surface area contributed by atoms with Gasteiger partial charge in [-0.3, -0.25) is 0 Å². The van der Waals surface area contributed by atoms with E-state index in [1.54, 1.807) is 27.1 Å². The Balaban J connectivity index is 2.23. The molecule has 2 unspecified atom stereocenters. The van der Waals surface area contributed by atoms with E-state index in [2.05, 4.69) is 114 Å². The third-order valence-corrected chi connectivity index (χ3v) is 16.7. The average Bonchev–Trinajstić information content (AvgIpc) is 2.88. The van der Waals surface area contributed by atoms with E-state index >= 15 is 0 Å². The summed E-state index contributed by atoms with van der Waals surface area (Å²) in [4.78, 5) is 0. The summed E-state index contributed by atoms with van der Waals surface area (Å²) in [6.45, 7) is 22.1.